The van der Waals surface area contributed by atoms with E-state index in [-0.39, 0.29) is 42.9 Å². The van der Waals surface area contributed by atoms with E-state index in [1.165, 1.54) is 0 Å². The van der Waals surface area contributed by atoms with Crippen molar-refractivity contribution in [3.8, 4) is 0 Å². The fourth-order valence-corrected chi connectivity index (χ4v) is 3.40. The van der Waals surface area contributed by atoms with Crippen LogP contribution in [-0.4, -0.2) is 46.8 Å². The summed E-state index contributed by atoms with van der Waals surface area (Å²) in [6.07, 6.45) is 7.36. The van der Waals surface area contributed by atoms with Gasteiger partial charge in [-0.25, -0.2) is 0 Å². The van der Waals surface area contributed by atoms with Gasteiger partial charge in [0.25, 0.3) is 0 Å². The van der Waals surface area contributed by atoms with Gasteiger partial charge in [-0.1, -0.05) is 6.42 Å². The Bertz CT molecular complexity index is 606. The van der Waals surface area contributed by atoms with Crippen molar-refractivity contribution in [3.05, 3.63) is 30.1 Å². The fourth-order valence-electron chi connectivity index (χ4n) is 3.40. The summed E-state index contributed by atoms with van der Waals surface area (Å²) >= 11 is 0. The second-order valence-electron chi connectivity index (χ2n) is 7.14. The average molecular weight is 361 g/mol. The largest absolute Gasteiger partial charge is 0.394 e. The molecule has 0 unspecified atom stereocenters. The Morgan fingerprint density at radius 1 is 1.19 bits per heavy atom. The van der Waals surface area contributed by atoms with Crippen LogP contribution in [0.5, 0.6) is 0 Å². The summed E-state index contributed by atoms with van der Waals surface area (Å²) < 4.78 is 5.87. The number of aromatic nitrogens is 1. The molecule has 2 aliphatic rings. The van der Waals surface area contributed by atoms with Gasteiger partial charge in [0.15, 0.2) is 0 Å². The monoisotopic (exact) mass is 361 g/mol. The summed E-state index contributed by atoms with van der Waals surface area (Å²) in [5.41, 5.74) is 0.991. The lowest BCUT2D eigenvalue weighted by Gasteiger charge is -2.37. The zero-order valence-corrected chi connectivity index (χ0v) is 14.9. The third-order valence-electron chi connectivity index (χ3n) is 5.25. The van der Waals surface area contributed by atoms with Gasteiger partial charge in [-0.05, 0) is 43.4 Å². The number of aliphatic hydroxyl groups is 1. The van der Waals surface area contributed by atoms with Crippen molar-refractivity contribution in [2.45, 2.75) is 63.3 Å². The Kier molecular flexibility index (Phi) is 6.57. The maximum absolute atomic E-state index is 12.1. The summed E-state index contributed by atoms with van der Waals surface area (Å²) in [5.74, 6) is 0.100. The molecule has 0 radical (unpaired) electrons. The standard InChI is InChI=1S/C19H27N3O4/c23-12-17-16(22-19(25)14-2-1-3-14)5-4-15(26-17)10-18(24)21-11-13-6-8-20-9-7-13/h6-9,14-17,23H,1-5,10-12H2,(H,21,24)(H,22,25)/t15-,16-,17+/m0/s1. The first-order chi connectivity index (χ1) is 12.7. The number of nitrogens with one attached hydrogen (secondary N) is 2. The van der Waals surface area contributed by atoms with Crippen LogP contribution in [-0.2, 0) is 20.9 Å². The average Bonchev–Trinajstić information content (AvgIpc) is 2.60. The summed E-state index contributed by atoms with van der Waals surface area (Å²) in [6.45, 7) is 0.294. The number of hydrogen-bond acceptors (Lipinski definition) is 5. The summed E-state index contributed by atoms with van der Waals surface area (Å²) in [5, 5.41) is 15.5. The molecule has 7 nitrogen and oxygen atoms in total. The molecule has 3 rings (SSSR count). The van der Waals surface area contributed by atoms with Crippen molar-refractivity contribution in [2.24, 2.45) is 5.92 Å². The van der Waals surface area contributed by atoms with Gasteiger partial charge in [0.05, 0.1) is 25.2 Å². The van der Waals surface area contributed by atoms with E-state index in [9.17, 15) is 14.7 Å². The minimum Gasteiger partial charge on any atom is -0.394 e. The van der Waals surface area contributed by atoms with Gasteiger partial charge in [-0.3, -0.25) is 14.6 Å². The van der Waals surface area contributed by atoms with Crippen molar-refractivity contribution < 1.29 is 19.4 Å². The highest BCUT2D eigenvalue weighted by molar-refractivity contribution is 5.79. The molecule has 0 bridgehead atoms. The summed E-state index contributed by atoms with van der Waals surface area (Å²) in [4.78, 5) is 28.2. The van der Waals surface area contributed by atoms with Gasteiger partial charge in [0.2, 0.25) is 11.8 Å². The molecular weight excluding hydrogens is 334 g/mol. The van der Waals surface area contributed by atoms with Gasteiger partial charge in [0, 0.05) is 24.9 Å². The van der Waals surface area contributed by atoms with Gasteiger partial charge in [0.1, 0.15) is 6.10 Å². The Labute approximate surface area is 153 Å². The third kappa shape index (κ3) is 5.02. The number of aliphatic hydroxyl groups excluding tert-OH is 1. The highest BCUT2D eigenvalue weighted by Gasteiger charge is 2.35. The molecule has 142 valence electrons. The van der Waals surface area contributed by atoms with Crippen LogP contribution in [0.3, 0.4) is 0 Å². The van der Waals surface area contributed by atoms with E-state index in [1.54, 1.807) is 12.4 Å². The van der Waals surface area contributed by atoms with Crippen molar-refractivity contribution in [3.63, 3.8) is 0 Å². The summed E-state index contributed by atoms with van der Waals surface area (Å²) in [6, 6.07) is 3.53. The first-order valence-electron chi connectivity index (χ1n) is 9.38. The second kappa shape index (κ2) is 9.09. The number of pyridine rings is 1. The van der Waals surface area contributed by atoms with Gasteiger partial charge in [-0.2, -0.15) is 0 Å². The Morgan fingerprint density at radius 3 is 2.62 bits per heavy atom. The fraction of sp³-hybridized carbons (Fsp3) is 0.632. The van der Waals surface area contributed by atoms with E-state index in [0.717, 1.165) is 24.8 Å². The van der Waals surface area contributed by atoms with Crippen molar-refractivity contribution in [2.75, 3.05) is 6.61 Å². The van der Waals surface area contributed by atoms with Crippen LogP contribution in [0.2, 0.25) is 0 Å². The van der Waals surface area contributed by atoms with Gasteiger partial charge in [-0.15, -0.1) is 0 Å². The van der Waals surface area contributed by atoms with Crippen LogP contribution in [0.4, 0.5) is 0 Å². The van der Waals surface area contributed by atoms with Crippen LogP contribution < -0.4 is 10.6 Å². The van der Waals surface area contributed by atoms with Crippen molar-refractivity contribution in [1.82, 2.24) is 15.6 Å². The molecule has 2 heterocycles. The minimum atomic E-state index is -0.453. The van der Waals surface area contributed by atoms with Gasteiger partial charge < -0.3 is 20.5 Å². The zero-order chi connectivity index (χ0) is 18.4. The Hall–Kier alpha value is -1.99. The SMILES string of the molecule is O=C(C[C@@H]1CC[C@H](NC(=O)C2CCC2)[C@@H](CO)O1)NCc1ccncc1. The molecule has 26 heavy (non-hydrogen) atoms. The lowest BCUT2D eigenvalue weighted by atomic mass is 9.84. The number of nitrogens with zero attached hydrogens (tertiary/aromatic N) is 1. The maximum atomic E-state index is 12.1. The molecule has 1 saturated carbocycles. The van der Waals surface area contributed by atoms with E-state index in [1.807, 2.05) is 12.1 Å². The molecule has 0 aromatic carbocycles. The van der Waals surface area contributed by atoms with Crippen LogP contribution >= 0.6 is 0 Å². The predicted molar refractivity (Wildman–Crippen MR) is 95.0 cm³/mol. The van der Waals surface area contributed by atoms with E-state index < -0.39 is 6.10 Å². The normalized spacial score (nSPS) is 26.0. The quantitative estimate of drug-likeness (QED) is 0.670. The number of ether oxygens (including phenoxy) is 1. The van der Waals surface area contributed by atoms with E-state index in [2.05, 4.69) is 15.6 Å². The number of carbonyl (C=O) groups is 2. The number of amides is 2. The molecule has 2 amide bonds. The van der Waals surface area contributed by atoms with Crippen LogP contribution in [0.1, 0.15) is 44.1 Å². The number of rotatable bonds is 7. The highest BCUT2D eigenvalue weighted by Crippen LogP contribution is 2.28. The highest BCUT2D eigenvalue weighted by atomic mass is 16.5. The van der Waals surface area contributed by atoms with E-state index in [0.29, 0.717) is 19.4 Å². The second-order valence-corrected chi connectivity index (χ2v) is 7.14. The Morgan fingerprint density at radius 2 is 1.96 bits per heavy atom. The van der Waals surface area contributed by atoms with Crippen LogP contribution in [0.25, 0.3) is 0 Å². The molecule has 1 aliphatic carbocycles. The topological polar surface area (TPSA) is 101 Å². The molecule has 1 aliphatic heterocycles. The molecule has 1 aromatic rings. The lowest BCUT2D eigenvalue weighted by molar-refractivity contribution is -0.138. The number of carbonyl (C=O) groups excluding carboxylic acids is 2. The van der Waals surface area contributed by atoms with Crippen LogP contribution in [0.15, 0.2) is 24.5 Å². The first-order valence-corrected chi connectivity index (χ1v) is 9.38. The smallest absolute Gasteiger partial charge is 0.223 e. The Balaban J connectivity index is 1.42. The molecule has 1 saturated heterocycles. The van der Waals surface area contributed by atoms with Crippen molar-refractivity contribution in [1.29, 1.82) is 0 Å². The first kappa shape index (κ1) is 18.8. The van der Waals surface area contributed by atoms with E-state index >= 15 is 0 Å². The third-order valence-corrected chi connectivity index (χ3v) is 5.25. The molecule has 1 aromatic heterocycles. The minimum absolute atomic E-state index is 0.0665. The molecular formula is C19H27N3O4. The zero-order valence-electron chi connectivity index (χ0n) is 14.9. The predicted octanol–water partition coefficient (Wildman–Crippen LogP) is 0.913. The van der Waals surface area contributed by atoms with Crippen molar-refractivity contribution >= 4 is 11.8 Å². The molecule has 3 atom stereocenters. The van der Waals surface area contributed by atoms with Gasteiger partial charge >= 0.3 is 0 Å². The lowest BCUT2D eigenvalue weighted by Crippen LogP contribution is -2.53. The number of hydrogen-bond donors (Lipinski definition) is 3. The molecule has 0 spiro atoms. The molecule has 2 fully saturated rings. The molecule has 7 heteroatoms. The summed E-state index contributed by atoms with van der Waals surface area (Å²) in [7, 11) is 0. The van der Waals surface area contributed by atoms with Crippen LogP contribution in [0, 0.1) is 5.92 Å². The molecule has 3 N–H and O–H groups in total. The van der Waals surface area contributed by atoms with E-state index in [4.69, 9.17) is 4.74 Å². The maximum Gasteiger partial charge on any atom is 0.223 e.